The quantitative estimate of drug-likeness (QED) is 0.616. The van der Waals surface area contributed by atoms with Crippen LogP contribution in [-0.4, -0.2) is 28.5 Å². The minimum atomic E-state index is -4.89. The average molecular weight is 268 g/mol. The maximum absolute atomic E-state index is 12.9. The minimum absolute atomic E-state index is 0.0146. The molecule has 0 aliphatic rings. The SMILES string of the molecule is C=C(C)C(=O)OC(CC)(CC)C(C)(O)C(F)(F)F. The van der Waals surface area contributed by atoms with E-state index in [-0.39, 0.29) is 18.4 Å². The van der Waals surface area contributed by atoms with E-state index >= 15 is 0 Å². The van der Waals surface area contributed by atoms with E-state index in [1.807, 2.05) is 0 Å². The van der Waals surface area contributed by atoms with Crippen LogP contribution in [0.2, 0.25) is 0 Å². The Balaban J connectivity index is 5.53. The second kappa shape index (κ2) is 5.30. The molecule has 3 nitrogen and oxygen atoms in total. The van der Waals surface area contributed by atoms with Gasteiger partial charge in [-0.2, -0.15) is 13.2 Å². The van der Waals surface area contributed by atoms with E-state index in [2.05, 4.69) is 6.58 Å². The van der Waals surface area contributed by atoms with Crippen molar-refractivity contribution < 1.29 is 27.8 Å². The van der Waals surface area contributed by atoms with E-state index in [1.54, 1.807) is 0 Å². The third-order valence-electron chi connectivity index (χ3n) is 3.22. The monoisotopic (exact) mass is 268 g/mol. The lowest BCUT2D eigenvalue weighted by Crippen LogP contribution is -2.62. The number of aliphatic hydroxyl groups is 1. The zero-order valence-corrected chi connectivity index (χ0v) is 11.0. The number of carbonyl (C=O) groups excluding carboxylic acids is 1. The molecule has 106 valence electrons. The molecule has 0 heterocycles. The first-order chi connectivity index (χ1) is 7.95. The molecule has 0 saturated heterocycles. The van der Waals surface area contributed by atoms with E-state index in [9.17, 15) is 23.1 Å². The molecule has 0 radical (unpaired) electrons. The molecule has 0 aliphatic heterocycles. The zero-order chi connectivity index (χ0) is 14.8. The van der Waals surface area contributed by atoms with Crippen LogP contribution in [0.4, 0.5) is 13.2 Å². The lowest BCUT2D eigenvalue weighted by atomic mass is 9.79. The summed E-state index contributed by atoms with van der Waals surface area (Å²) < 4.78 is 43.6. The van der Waals surface area contributed by atoms with Gasteiger partial charge < -0.3 is 9.84 Å². The van der Waals surface area contributed by atoms with Crippen LogP contribution in [0.5, 0.6) is 0 Å². The Bertz CT molecular complexity index is 328. The first kappa shape index (κ1) is 17.0. The Hall–Kier alpha value is -1.04. The predicted octanol–water partition coefficient (Wildman–Crippen LogP) is 2.98. The molecule has 0 saturated carbocycles. The maximum Gasteiger partial charge on any atom is 0.420 e. The van der Waals surface area contributed by atoms with Gasteiger partial charge in [0.05, 0.1) is 0 Å². The summed E-state index contributed by atoms with van der Waals surface area (Å²) in [5, 5.41) is 9.76. The highest BCUT2D eigenvalue weighted by Crippen LogP contribution is 2.44. The Morgan fingerprint density at radius 2 is 1.67 bits per heavy atom. The van der Waals surface area contributed by atoms with Crippen molar-refractivity contribution in [3.8, 4) is 0 Å². The number of carbonyl (C=O) groups is 1. The third kappa shape index (κ3) is 2.85. The summed E-state index contributed by atoms with van der Waals surface area (Å²) in [4.78, 5) is 11.4. The summed E-state index contributed by atoms with van der Waals surface area (Å²) in [6, 6.07) is 0. The summed E-state index contributed by atoms with van der Waals surface area (Å²) in [7, 11) is 0. The van der Waals surface area contributed by atoms with Gasteiger partial charge in [0.2, 0.25) is 0 Å². The maximum atomic E-state index is 12.9. The van der Waals surface area contributed by atoms with Crippen molar-refractivity contribution in [2.24, 2.45) is 0 Å². The van der Waals surface area contributed by atoms with E-state index in [0.29, 0.717) is 6.92 Å². The lowest BCUT2D eigenvalue weighted by molar-refractivity contribution is -0.314. The van der Waals surface area contributed by atoms with Gasteiger partial charge in [-0.15, -0.1) is 0 Å². The van der Waals surface area contributed by atoms with Crippen LogP contribution in [0.15, 0.2) is 12.2 Å². The molecule has 0 rings (SSSR count). The Kier molecular flexibility index (Phi) is 4.99. The highest BCUT2D eigenvalue weighted by Gasteiger charge is 2.64. The molecule has 1 atom stereocenters. The number of hydrogen-bond acceptors (Lipinski definition) is 3. The molecule has 18 heavy (non-hydrogen) atoms. The second-order valence-corrected chi connectivity index (χ2v) is 4.44. The second-order valence-electron chi connectivity index (χ2n) is 4.44. The summed E-state index contributed by atoms with van der Waals surface area (Å²) >= 11 is 0. The van der Waals surface area contributed by atoms with Crippen molar-refractivity contribution in [1.29, 1.82) is 0 Å². The summed E-state index contributed by atoms with van der Waals surface area (Å²) in [6.45, 7) is 8.12. The summed E-state index contributed by atoms with van der Waals surface area (Å²) in [5.41, 5.74) is -5.14. The molecule has 1 N–H and O–H groups in total. The standard InChI is InChI=1S/C12H19F3O3/c1-6-11(7-2,18-9(16)8(3)4)10(5,17)12(13,14)15/h17H,3,6-7H2,1-2,4-5H3. The molecule has 0 bridgehead atoms. The average Bonchev–Trinajstić information content (AvgIpc) is 2.23. The van der Waals surface area contributed by atoms with Gasteiger partial charge in [0.15, 0.2) is 5.60 Å². The largest absolute Gasteiger partial charge is 0.452 e. The molecular formula is C12H19F3O3. The van der Waals surface area contributed by atoms with Gasteiger partial charge in [-0.1, -0.05) is 20.4 Å². The van der Waals surface area contributed by atoms with Crippen molar-refractivity contribution >= 4 is 5.97 Å². The Morgan fingerprint density at radius 3 is 1.89 bits per heavy atom. The van der Waals surface area contributed by atoms with Crippen LogP contribution in [0.3, 0.4) is 0 Å². The van der Waals surface area contributed by atoms with Gasteiger partial charge >= 0.3 is 12.1 Å². The predicted molar refractivity (Wildman–Crippen MR) is 60.9 cm³/mol. The number of esters is 1. The first-order valence-electron chi connectivity index (χ1n) is 5.63. The molecular weight excluding hydrogens is 249 g/mol. The first-order valence-corrected chi connectivity index (χ1v) is 5.63. The van der Waals surface area contributed by atoms with Gasteiger partial charge in [0, 0.05) is 5.57 Å². The fourth-order valence-electron chi connectivity index (χ4n) is 1.71. The molecule has 6 heteroatoms. The van der Waals surface area contributed by atoms with Crippen LogP contribution in [-0.2, 0) is 9.53 Å². The molecule has 0 spiro atoms. The fourth-order valence-corrected chi connectivity index (χ4v) is 1.71. The van der Waals surface area contributed by atoms with Crippen LogP contribution in [0.25, 0.3) is 0 Å². The van der Waals surface area contributed by atoms with Crippen molar-refractivity contribution in [3.63, 3.8) is 0 Å². The summed E-state index contributed by atoms with van der Waals surface area (Å²) in [5.74, 6) is -0.941. The van der Waals surface area contributed by atoms with Crippen LogP contribution in [0.1, 0.15) is 40.5 Å². The van der Waals surface area contributed by atoms with E-state index in [1.165, 1.54) is 20.8 Å². The van der Waals surface area contributed by atoms with Crippen LogP contribution >= 0.6 is 0 Å². The van der Waals surface area contributed by atoms with E-state index in [4.69, 9.17) is 4.74 Å². The zero-order valence-electron chi connectivity index (χ0n) is 11.0. The molecule has 0 amide bonds. The Labute approximate surface area is 105 Å². The van der Waals surface area contributed by atoms with Crippen molar-refractivity contribution in [2.75, 3.05) is 0 Å². The van der Waals surface area contributed by atoms with Crippen molar-refractivity contribution in [1.82, 2.24) is 0 Å². The lowest BCUT2D eigenvalue weighted by Gasteiger charge is -2.44. The number of alkyl halides is 3. The van der Waals surface area contributed by atoms with Crippen LogP contribution < -0.4 is 0 Å². The normalized spacial score (nSPS) is 16.0. The van der Waals surface area contributed by atoms with Crippen molar-refractivity contribution in [3.05, 3.63) is 12.2 Å². The molecule has 0 fully saturated rings. The highest BCUT2D eigenvalue weighted by molar-refractivity contribution is 5.87. The molecule has 0 aromatic heterocycles. The topological polar surface area (TPSA) is 46.5 Å². The molecule has 0 aliphatic carbocycles. The summed E-state index contributed by atoms with van der Waals surface area (Å²) in [6.07, 6.45) is -5.21. The number of rotatable bonds is 5. The smallest absolute Gasteiger partial charge is 0.420 e. The van der Waals surface area contributed by atoms with Crippen molar-refractivity contribution in [2.45, 2.75) is 57.9 Å². The Morgan fingerprint density at radius 1 is 1.28 bits per heavy atom. The number of ether oxygens (including phenoxy) is 1. The van der Waals surface area contributed by atoms with Gasteiger partial charge in [0.25, 0.3) is 0 Å². The minimum Gasteiger partial charge on any atom is -0.452 e. The molecule has 1 unspecified atom stereocenters. The van der Waals surface area contributed by atoms with Gasteiger partial charge in [-0.05, 0) is 26.7 Å². The van der Waals surface area contributed by atoms with Gasteiger partial charge in [-0.25, -0.2) is 4.79 Å². The third-order valence-corrected chi connectivity index (χ3v) is 3.22. The van der Waals surface area contributed by atoms with Gasteiger partial charge in [0.1, 0.15) is 5.60 Å². The van der Waals surface area contributed by atoms with Gasteiger partial charge in [-0.3, -0.25) is 0 Å². The molecule has 0 aromatic rings. The van der Waals surface area contributed by atoms with E-state index < -0.39 is 23.3 Å². The number of hydrogen-bond donors (Lipinski definition) is 1. The van der Waals surface area contributed by atoms with Crippen LogP contribution in [0, 0.1) is 0 Å². The highest BCUT2D eigenvalue weighted by atomic mass is 19.4. The number of halogens is 3. The van der Waals surface area contributed by atoms with E-state index in [0.717, 1.165) is 0 Å². The molecule has 0 aromatic carbocycles. The fraction of sp³-hybridized carbons (Fsp3) is 0.750.